The van der Waals surface area contributed by atoms with Crippen LogP contribution in [0.4, 0.5) is 0 Å². The highest BCUT2D eigenvalue weighted by Crippen LogP contribution is 2.22. The molecule has 0 aliphatic rings. The van der Waals surface area contributed by atoms with E-state index in [1.807, 2.05) is 0 Å². The van der Waals surface area contributed by atoms with E-state index in [1.54, 1.807) is 32.2 Å². The molecule has 1 atom stereocenters. The minimum absolute atomic E-state index is 0.171. The monoisotopic (exact) mass is 305 g/mol. The van der Waals surface area contributed by atoms with Crippen molar-refractivity contribution >= 4 is 33.4 Å². The number of likely N-dealkylation sites (N-methyl/N-ethyl adjacent to an activating group) is 1. The Balaban J connectivity index is 2.91. The van der Waals surface area contributed by atoms with Crippen LogP contribution in [0.15, 0.2) is 22.7 Å². The molecule has 0 aliphatic heterocycles. The maximum Gasteiger partial charge on any atom is 0.254 e. The highest BCUT2D eigenvalue weighted by atomic mass is 79.9. The predicted molar refractivity (Wildman–Crippen MR) is 67.8 cm³/mol. The number of rotatable bonds is 3. The molecular formula is C11H13BrClNO2. The largest absolute Gasteiger partial charge is 0.392 e. The van der Waals surface area contributed by atoms with Crippen molar-refractivity contribution in [3.63, 3.8) is 0 Å². The van der Waals surface area contributed by atoms with Crippen LogP contribution >= 0.6 is 27.5 Å². The Morgan fingerprint density at radius 2 is 2.25 bits per heavy atom. The molecule has 16 heavy (non-hydrogen) atoms. The van der Waals surface area contributed by atoms with Crippen molar-refractivity contribution in [1.29, 1.82) is 0 Å². The summed E-state index contributed by atoms with van der Waals surface area (Å²) in [4.78, 5) is 13.4. The number of hydrogen-bond donors (Lipinski definition) is 1. The molecule has 0 saturated carbocycles. The van der Waals surface area contributed by atoms with Crippen LogP contribution in [0.5, 0.6) is 0 Å². The van der Waals surface area contributed by atoms with E-state index >= 15 is 0 Å². The zero-order valence-electron chi connectivity index (χ0n) is 9.08. The molecule has 0 saturated heterocycles. The molecule has 88 valence electrons. The minimum Gasteiger partial charge on any atom is -0.392 e. The van der Waals surface area contributed by atoms with Crippen molar-refractivity contribution in [2.45, 2.75) is 13.0 Å². The van der Waals surface area contributed by atoms with E-state index in [2.05, 4.69) is 15.9 Å². The molecule has 1 aromatic rings. The molecule has 1 N–H and O–H groups in total. The summed E-state index contributed by atoms with van der Waals surface area (Å²) >= 11 is 9.13. The predicted octanol–water partition coefficient (Wildman–Crippen LogP) is 2.56. The van der Waals surface area contributed by atoms with Crippen LogP contribution < -0.4 is 0 Å². The Kier molecular flexibility index (Phi) is 4.77. The summed E-state index contributed by atoms with van der Waals surface area (Å²) in [6.45, 7) is 1.93. The number of carbonyl (C=O) groups excluding carboxylic acids is 1. The molecule has 0 aromatic heterocycles. The molecule has 0 bridgehead atoms. The highest BCUT2D eigenvalue weighted by Gasteiger charge is 2.16. The van der Waals surface area contributed by atoms with Gasteiger partial charge in [-0.2, -0.15) is 0 Å². The quantitative estimate of drug-likeness (QED) is 0.932. The Morgan fingerprint density at radius 3 is 2.81 bits per heavy atom. The molecule has 0 aliphatic carbocycles. The second-order valence-corrected chi connectivity index (χ2v) is 4.95. The van der Waals surface area contributed by atoms with Gasteiger partial charge in [-0.1, -0.05) is 11.6 Å². The minimum atomic E-state index is -0.549. The van der Waals surface area contributed by atoms with Crippen molar-refractivity contribution in [3.8, 4) is 0 Å². The fraction of sp³-hybridized carbons (Fsp3) is 0.364. The van der Waals surface area contributed by atoms with Crippen LogP contribution in [0.1, 0.15) is 17.3 Å². The fourth-order valence-corrected chi connectivity index (χ4v) is 1.93. The van der Waals surface area contributed by atoms with Gasteiger partial charge in [0.05, 0.1) is 11.7 Å². The van der Waals surface area contributed by atoms with E-state index in [0.717, 1.165) is 0 Å². The molecular weight excluding hydrogens is 293 g/mol. The highest BCUT2D eigenvalue weighted by molar-refractivity contribution is 9.10. The lowest BCUT2D eigenvalue weighted by molar-refractivity contribution is 0.0703. The summed E-state index contributed by atoms with van der Waals surface area (Å²) in [7, 11) is 1.64. The number of carbonyl (C=O) groups is 1. The molecule has 0 fully saturated rings. The van der Waals surface area contributed by atoms with Gasteiger partial charge in [-0.25, -0.2) is 0 Å². The molecule has 1 unspecified atom stereocenters. The lowest BCUT2D eigenvalue weighted by Gasteiger charge is -2.19. The van der Waals surface area contributed by atoms with E-state index in [9.17, 15) is 9.90 Å². The van der Waals surface area contributed by atoms with Gasteiger partial charge < -0.3 is 10.0 Å². The summed E-state index contributed by atoms with van der Waals surface area (Å²) < 4.78 is 0.694. The zero-order chi connectivity index (χ0) is 12.3. The van der Waals surface area contributed by atoms with Crippen molar-refractivity contribution in [2.75, 3.05) is 13.6 Å². The maximum atomic E-state index is 12.0. The standard InChI is InChI=1S/C11H13BrClNO2/c1-7(15)6-14(2)11(16)9-5-8(13)3-4-10(9)12/h3-5,7,15H,6H2,1-2H3. The molecule has 0 heterocycles. The third-order valence-electron chi connectivity index (χ3n) is 2.04. The Bertz CT molecular complexity index is 396. The summed E-state index contributed by atoms with van der Waals surface area (Å²) in [5.41, 5.74) is 0.496. The first kappa shape index (κ1) is 13.5. The van der Waals surface area contributed by atoms with Gasteiger partial charge in [0.2, 0.25) is 0 Å². The van der Waals surface area contributed by atoms with Gasteiger partial charge >= 0.3 is 0 Å². The fourth-order valence-electron chi connectivity index (χ4n) is 1.35. The van der Waals surface area contributed by atoms with E-state index in [1.165, 1.54) is 4.90 Å². The van der Waals surface area contributed by atoms with Crippen LogP contribution in [0, 0.1) is 0 Å². The Hall–Kier alpha value is -0.580. The second kappa shape index (κ2) is 5.66. The smallest absolute Gasteiger partial charge is 0.254 e. The lowest BCUT2D eigenvalue weighted by atomic mass is 10.2. The number of halogens is 2. The van der Waals surface area contributed by atoms with Crippen LogP contribution in [0.2, 0.25) is 5.02 Å². The van der Waals surface area contributed by atoms with Crippen molar-refractivity contribution in [2.24, 2.45) is 0 Å². The van der Waals surface area contributed by atoms with Gasteiger partial charge in [0.25, 0.3) is 5.91 Å². The van der Waals surface area contributed by atoms with Crippen LogP contribution in [-0.4, -0.2) is 35.6 Å². The second-order valence-electron chi connectivity index (χ2n) is 3.66. The maximum absolute atomic E-state index is 12.0. The van der Waals surface area contributed by atoms with Crippen molar-refractivity contribution in [3.05, 3.63) is 33.3 Å². The van der Waals surface area contributed by atoms with Crippen LogP contribution in [0.25, 0.3) is 0 Å². The Labute approximate surface area is 108 Å². The van der Waals surface area contributed by atoms with Crippen molar-refractivity contribution < 1.29 is 9.90 Å². The van der Waals surface area contributed by atoms with E-state index < -0.39 is 6.10 Å². The first-order valence-electron chi connectivity index (χ1n) is 4.80. The number of benzene rings is 1. The van der Waals surface area contributed by atoms with Crippen LogP contribution in [-0.2, 0) is 0 Å². The third-order valence-corrected chi connectivity index (χ3v) is 2.97. The molecule has 3 nitrogen and oxygen atoms in total. The number of aliphatic hydroxyl groups excluding tert-OH is 1. The summed E-state index contributed by atoms with van der Waals surface area (Å²) in [6, 6.07) is 5.04. The lowest BCUT2D eigenvalue weighted by Crippen LogP contribution is -2.33. The van der Waals surface area contributed by atoms with E-state index in [0.29, 0.717) is 15.1 Å². The molecule has 5 heteroatoms. The normalized spacial score (nSPS) is 12.3. The molecule has 1 aromatic carbocycles. The average molecular weight is 307 g/mol. The van der Waals surface area contributed by atoms with Gasteiger partial charge in [-0.3, -0.25) is 4.79 Å². The molecule has 1 rings (SSSR count). The zero-order valence-corrected chi connectivity index (χ0v) is 11.4. The number of hydrogen-bond acceptors (Lipinski definition) is 2. The van der Waals surface area contributed by atoms with Gasteiger partial charge in [-0.05, 0) is 41.1 Å². The van der Waals surface area contributed by atoms with Gasteiger partial charge in [0, 0.05) is 23.1 Å². The number of aliphatic hydroxyl groups is 1. The molecule has 0 spiro atoms. The van der Waals surface area contributed by atoms with Gasteiger partial charge in [0.1, 0.15) is 0 Å². The van der Waals surface area contributed by atoms with Gasteiger partial charge in [-0.15, -0.1) is 0 Å². The van der Waals surface area contributed by atoms with E-state index in [-0.39, 0.29) is 12.5 Å². The SMILES string of the molecule is CC(O)CN(C)C(=O)c1cc(Cl)ccc1Br. The third kappa shape index (κ3) is 3.47. The average Bonchev–Trinajstić information content (AvgIpc) is 2.19. The number of amides is 1. The summed E-state index contributed by atoms with van der Waals surface area (Å²) in [5.74, 6) is -0.171. The first-order chi connectivity index (χ1) is 7.41. The topological polar surface area (TPSA) is 40.5 Å². The summed E-state index contributed by atoms with van der Waals surface area (Å²) in [6.07, 6.45) is -0.549. The molecule has 0 radical (unpaired) electrons. The summed E-state index contributed by atoms with van der Waals surface area (Å²) in [5, 5.41) is 9.72. The van der Waals surface area contributed by atoms with Gasteiger partial charge in [0.15, 0.2) is 0 Å². The van der Waals surface area contributed by atoms with Crippen LogP contribution in [0.3, 0.4) is 0 Å². The Morgan fingerprint density at radius 1 is 1.62 bits per heavy atom. The van der Waals surface area contributed by atoms with E-state index in [4.69, 9.17) is 11.6 Å². The van der Waals surface area contributed by atoms with Crippen molar-refractivity contribution in [1.82, 2.24) is 4.90 Å². The molecule has 1 amide bonds. The number of nitrogens with zero attached hydrogens (tertiary/aromatic N) is 1. The first-order valence-corrected chi connectivity index (χ1v) is 5.97.